The van der Waals surface area contributed by atoms with Crippen molar-refractivity contribution in [1.82, 2.24) is 4.98 Å². The van der Waals surface area contributed by atoms with E-state index in [1.807, 2.05) is 42.5 Å². The van der Waals surface area contributed by atoms with Crippen LogP contribution >= 0.6 is 17.0 Å². The molecule has 0 saturated heterocycles. The molecule has 2 aromatic rings. The molecule has 0 bridgehead atoms. The maximum Gasteiger partial charge on any atom is 0.145 e. The third-order valence-corrected chi connectivity index (χ3v) is 1.61. The van der Waals surface area contributed by atoms with Gasteiger partial charge in [-0.2, -0.15) is 0 Å². The van der Waals surface area contributed by atoms with Crippen LogP contribution in [-0.2, 0) is 0 Å². The van der Waals surface area contributed by atoms with Crippen molar-refractivity contribution in [1.29, 1.82) is 0 Å². The van der Waals surface area contributed by atoms with Crippen molar-refractivity contribution in [3.05, 3.63) is 54.9 Å². The fourth-order valence-corrected chi connectivity index (χ4v) is 1.03. The zero-order valence-electron chi connectivity index (χ0n) is 7.46. The molecule has 14 heavy (non-hydrogen) atoms. The summed E-state index contributed by atoms with van der Waals surface area (Å²) in [5.74, 6) is 1.59. The number of hydrogen-bond acceptors (Lipinski definition) is 2. The molecule has 72 valence electrons. The van der Waals surface area contributed by atoms with Gasteiger partial charge in [-0.1, -0.05) is 18.2 Å². The molecule has 1 aromatic carbocycles. The molecule has 0 unspecified atom stereocenters. The standard InChI is InChI=1S/C11H9NO.BrH/c1-2-5-10(6-3-1)13-11-7-4-8-12-9-11;/h1-9H;1H. The minimum absolute atomic E-state index is 0. The second-order valence-corrected chi connectivity index (χ2v) is 2.60. The molecule has 1 aromatic heterocycles. The highest BCUT2D eigenvalue weighted by atomic mass is 79.9. The van der Waals surface area contributed by atoms with Crippen LogP contribution < -0.4 is 4.74 Å². The molecule has 0 atom stereocenters. The van der Waals surface area contributed by atoms with E-state index in [2.05, 4.69) is 4.98 Å². The SMILES string of the molecule is Br.c1ccc(Oc2cccnc2)cc1. The minimum Gasteiger partial charge on any atom is -0.456 e. The molecule has 0 aliphatic heterocycles. The summed E-state index contributed by atoms with van der Waals surface area (Å²) in [5, 5.41) is 0. The average Bonchev–Trinajstić information content (AvgIpc) is 2.21. The first-order valence-electron chi connectivity index (χ1n) is 4.08. The molecule has 0 radical (unpaired) electrons. The zero-order valence-corrected chi connectivity index (χ0v) is 9.17. The Bertz CT molecular complexity index is 326. The third kappa shape index (κ3) is 2.85. The average molecular weight is 252 g/mol. The smallest absolute Gasteiger partial charge is 0.145 e. The fraction of sp³-hybridized carbons (Fsp3) is 0. The van der Waals surface area contributed by atoms with Crippen molar-refractivity contribution < 1.29 is 4.74 Å². The van der Waals surface area contributed by atoms with E-state index in [-0.39, 0.29) is 17.0 Å². The molecular weight excluding hydrogens is 242 g/mol. The van der Waals surface area contributed by atoms with Crippen LogP contribution in [0, 0.1) is 0 Å². The lowest BCUT2D eigenvalue weighted by molar-refractivity contribution is 0.480. The molecule has 0 spiro atoms. The van der Waals surface area contributed by atoms with Crippen molar-refractivity contribution in [2.75, 3.05) is 0 Å². The van der Waals surface area contributed by atoms with Gasteiger partial charge in [0, 0.05) is 6.20 Å². The van der Waals surface area contributed by atoms with E-state index >= 15 is 0 Å². The van der Waals surface area contributed by atoms with Crippen LogP contribution in [0.4, 0.5) is 0 Å². The van der Waals surface area contributed by atoms with E-state index in [0.29, 0.717) is 0 Å². The van der Waals surface area contributed by atoms with Crippen LogP contribution in [0.5, 0.6) is 11.5 Å². The molecule has 0 saturated carbocycles. The monoisotopic (exact) mass is 251 g/mol. The second-order valence-electron chi connectivity index (χ2n) is 2.60. The van der Waals surface area contributed by atoms with Gasteiger partial charge in [-0.25, -0.2) is 0 Å². The van der Waals surface area contributed by atoms with Gasteiger partial charge in [-0.3, -0.25) is 4.98 Å². The van der Waals surface area contributed by atoms with E-state index in [0.717, 1.165) is 11.5 Å². The van der Waals surface area contributed by atoms with E-state index in [9.17, 15) is 0 Å². The van der Waals surface area contributed by atoms with Crippen molar-refractivity contribution in [2.24, 2.45) is 0 Å². The molecule has 0 fully saturated rings. The highest BCUT2D eigenvalue weighted by molar-refractivity contribution is 8.93. The lowest BCUT2D eigenvalue weighted by Gasteiger charge is -2.03. The Morgan fingerprint density at radius 1 is 0.857 bits per heavy atom. The summed E-state index contributed by atoms with van der Waals surface area (Å²) >= 11 is 0. The lowest BCUT2D eigenvalue weighted by Crippen LogP contribution is -1.83. The van der Waals surface area contributed by atoms with Crippen molar-refractivity contribution in [3.8, 4) is 11.5 Å². The molecular formula is C11H10BrNO. The number of pyridine rings is 1. The van der Waals surface area contributed by atoms with Gasteiger partial charge in [-0.05, 0) is 24.3 Å². The van der Waals surface area contributed by atoms with Gasteiger partial charge < -0.3 is 4.74 Å². The lowest BCUT2D eigenvalue weighted by atomic mass is 10.3. The molecule has 2 rings (SSSR count). The molecule has 2 nitrogen and oxygen atoms in total. The second kappa shape index (κ2) is 5.40. The van der Waals surface area contributed by atoms with E-state index in [4.69, 9.17) is 4.74 Å². The Hall–Kier alpha value is -1.35. The first-order valence-corrected chi connectivity index (χ1v) is 4.08. The van der Waals surface area contributed by atoms with Crippen molar-refractivity contribution in [3.63, 3.8) is 0 Å². The highest BCUT2D eigenvalue weighted by Gasteiger charge is 1.93. The van der Waals surface area contributed by atoms with Crippen LogP contribution in [0.15, 0.2) is 54.9 Å². The number of para-hydroxylation sites is 1. The van der Waals surface area contributed by atoms with Gasteiger partial charge >= 0.3 is 0 Å². The summed E-state index contributed by atoms with van der Waals surface area (Å²) in [6.07, 6.45) is 3.41. The highest BCUT2D eigenvalue weighted by Crippen LogP contribution is 2.18. The van der Waals surface area contributed by atoms with Gasteiger partial charge in [0.2, 0.25) is 0 Å². The molecule has 0 aliphatic rings. The number of halogens is 1. The predicted octanol–water partition coefficient (Wildman–Crippen LogP) is 3.45. The third-order valence-electron chi connectivity index (χ3n) is 1.61. The molecule has 0 N–H and O–H groups in total. The topological polar surface area (TPSA) is 22.1 Å². The maximum atomic E-state index is 5.52. The number of nitrogens with zero attached hydrogens (tertiary/aromatic N) is 1. The number of hydrogen-bond donors (Lipinski definition) is 0. The van der Waals surface area contributed by atoms with E-state index in [1.165, 1.54) is 0 Å². The van der Waals surface area contributed by atoms with Crippen LogP contribution in [0.3, 0.4) is 0 Å². The van der Waals surface area contributed by atoms with Crippen LogP contribution in [0.1, 0.15) is 0 Å². The molecule has 0 amide bonds. The summed E-state index contributed by atoms with van der Waals surface area (Å²) in [7, 11) is 0. The normalized spacial score (nSPS) is 8.86. The summed E-state index contributed by atoms with van der Waals surface area (Å²) in [6.45, 7) is 0. The summed E-state index contributed by atoms with van der Waals surface area (Å²) in [4.78, 5) is 3.96. The van der Waals surface area contributed by atoms with Gasteiger partial charge in [0.25, 0.3) is 0 Å². The number of ether oxygens (including phenoxy) is 1. The Labute approximate surface area is 93.3 Å². The first kappa shape index (κ1) is 10.7. The minimum atomic E-state index is 0. The van der Waals surface area contributed by atoms with Crippen LogP contribution in [0.2, 0.25) is 0 Å². The number of aromatic nitrogens is 1. The summed E-state index contributed by atoms with van der Waals surface area (Å²) in [6, 6.07) is 13.4. The van der Waals surface area contributed by atoms with Crippen molar-refractivity contribution in [2.45, 2.75) is 0 Å². The Balaban J connectivity index is 0.000000980. The zero-order chi connectivity index (χ0) is 8.93. The molecule has 1 heterocycles. The van der Waals surface area contributed by atoms with E-state index < -0.39 is 0 Å². The van der Waals surface area contributed by atoms with Crippen molar-refractivity contribution >= 4 is 17.0 Å². The quantitative estimate of drug-likeness (QED) is 0.816. The number of rotatable bonds is 2. The van der Waals surface area contributed by atoms with Crippen LogP contribution in [0.25, 0.3) is 0 Å². The van der Waals surface area contributed by atoms with Gasteiger partial charge in [0.1, 0.15) is 11.5 Å². The largest absolute Gasteiger partial charge is 0.456 e. The maximum absolute atomic E-state index is 5.52. The van der Waals surface area contributed by atoms with Gasteiger partial charge in [0.15, 0.2) is 0 Å². The van der Waals surface area contributed by atoms with E-state index in [1.54, 1.807) is 12.4 Å². The fourth-order valence-electron chi connectivity index (χ4n) is 1.03. The van der Waals surface area contributed by atoms with Gasteiger partial charge in [-0.15, -0.1) is 17.0 Å². The molecule has 0 aliphatic carbocycles. The summed E-state index contributed by atoms with van der Waals surface area (Å²) in [5.41, 5.74) is 0. The number of benzene rings is 1. The summed E-state index contributed by atoms with van der Waals surface area (Å²) < 4.78 is 5.52. The molecule has 3 heteroatoms. The Morgan fingerprint density at radius 3 is 2.21 bits per heavy atom. The van der Waals surface area contributed by atoms with Gasteiger partial charge in [0.05, 0.1) is 6.20 Å². The first-order chi connectivity index (χ1) is 6.45. The Kier molecular flexibility index (Phi) is 4.13. The predicted molar refractivity (Wildman–Crippen MR) is 61.1 cm³/mol. The van der Waals surface area contributed by atoms with Crippen LogP contribution in [-0.4, -0.2) is 4.98 Å². The Morgan fingerprint density at radius 2 is 1.57 bits per heavy atom.